The summed E-state index contributed by atoms with van der Waals surface area (Å²) in [6, 6.07) is 6.43. The maximum absolute atomic E-state index is 13.0. The van der Waals surface area contributed by atoms with Crippen molar-refractivity contribution >= 4 is 23.1 Å². The van der Waals surface area contributed by atoms with Crippen LogP contribution in [0.3, 0.4) is 0 Å². The van der Waals surface area contributed by atoms with E-state index in [1.54, 1.807) is 0 Å². The van der Waals surface area contributed by atoms with E-state index in [4.69, 9.17) is 11.6 Å². The Kier molecular flexibility index (Phi) is 4.70. The highest BCUT2D eigenvalue weighted by Gasteiger charge is 2.50. The molecular formula is C19H14ClF2N3O4. The van der Waals surface area contributed by atoms with Gasteiger partial charge in [-0.05, 0) is 30.7 Å². The summed E-state index contributed by atoms with van der Waals surface area (Å²) in [6.07, 6.45) is 1.56. The van der Waals surface area contributed by atoms with Crippen LogP contribution >= 0.6 is 11.6 Å². The van der Waals surface area contributed by atoms with Gasteiger partial charge in [-0.1, -0.05) is 17.7 Å². The lowest BCUT2D eigenvalue weighted by atomic mass is 9.86. The Bertz CT molecular complexity index is 1060. The zero-order valence-electron chi connectivity index (χ0n) is 15.0. The average molecular weight is 422 g/mol. The standard InChI is InChI=1S/C19H14ClF2N3O4/c1-24-13-8-11(15-10(18(24)26)3-2-4-14(15)29-19(21)22)16(17(13)25(27)28)12-7-9(20)5-6-23-12/h2-7,11,13,19H,8H2,1H3. The second-order valence-corrected chi connectivity index (χ2v) is 7.17. The van der Waals surface area contributed by atoms with Gasteiger partial charge in [0, 0.05) is 35.3 Å². The van der Waals surface area contributed by atoms with Crippen molar-refractivity contribution in [3.63, 3.8) is 0 Å². The number of rotatable bonds is 4. The summed E-state index contributed by atoms with van der Waals surface area (Å²) in [5.41, 5.74) is 0.671. The van der Waals surface area contributed by atoms with Gasteiger partial charge in [0.1, 0.15) is 11.8 Å². The number of amides is 1. The van der Waals surface area contributed by atoms with Crippen molar-refractivity contribution in [2.45, 2.75) is 25.0 Å². The molecule has 0 saturated carbocycles. The molecule has 2 aromatic rings. The molecule has 10 heteroatoms. The SMILES string of the molecule is CN1C(=O)c2cccc(OC(F)F)c2C2CC1C([N+](=O)[O-])=C2c1cc(Cl)ccn1. The molecule has 29 heavy (non-hydrogen) atoms. The first-order valence-corrected chi connectivity index (χ1v) is 9.02. The van der Waals surface area contributed by atoms with E-state index >= 15 is 0 Å². The molecule has 0 N–H and O–H groups in total. The molecule has 1 aromatic heterocycles. The van der Waals surface area contributed by atoms with E-state index in [9.17, 15) is 23.7 Å². The van der Waals surface area contributed by atoms with E-state index < -0.39 is 29.4 Å². The van der Waals surface area contributed by atoms with Gasteiger partial charge < -0.3 is 9.64 Å². The number of nitrogens with zero attached hydrogens (tertiary/aromatic N) is 3. The summed E-state index contributed by atoms with van der Waals surface area (Å²) in [4.78, 5) is 29.8. The summed E-state index contributed by atoms with van der Waals surface area (Å²) in [7, 11) is 1.46. The number of carbonyl (C=O) groups is 1. The number of nitro groups is 1. The number of carbonyl (C=O) groups excluding carboxylic acids is 1. The fourth-order valence-corrected chi connectivity index (χ4v) is 4.28. The molecule has 1 aliphatic carbocycles. The highest BCUT2D eigenvalue weighted by Crippen LogP contribution is 2.52. The van der Waals surface area contributed by atoms with Gasteiger partial charge in [-0.15, -0.1) is 0 Å². The Morgan fingerprint density at radius 2 is 2.14 bits per heavy atom. The quantitative estimate of drug-likeness (QED) is 0.551. The largest absolute Gasteiger partial charge is 0.434 e. The number of ether oxygens (including phenoxy) is 1. The number of alkyl halides is 2. The predicted octanol–water partition coefficient (Wildman–Crippen LogP) is 3.97. The highest BCUT2D eigenvalue weighted by atomic mass is 35.5. The van der Waals surface area contributed by atoms with E-state index in [2.05, 4.69) is 9.72 Å². The monoisotopic (exact) mass is 421 g/mol. The van der Waals surface area contributed by atoms with Crippen molar-refractivity contribution in [3.8, 4) is 5.75 Å². The third-order valence-electron chi connectivity index (χ3n) is 5.24. The molecule has 2 aliphatic rings. The van der Waals surface area contributed by atoms with Gasteiger partial charge in [-0.2, -0.15) is 8.78 Å². The normalized spacial score (nSPS) is 20.7. The zero-order valence-corrected chi connectivity index (χ0v) is 15.8. The first kappa shape index (κ1) is 19.3. The Labute approximate surface area is 168 Å². The minimum atomic E-state index is -3.11. The number of fused-ring (bicyclic) bond motifs is 4. The molecule has 2 atom stereocenters. The molecule has 150 valence electrons. The van der Waals surface area contributed by atoms with Crippen molar-refractivity contribution in [3.05, 3.63) is 74.2 Å². The maximum Gasteiger partial charge on any atom is 0.387 e. The number of hydrogen-bond acceptors (Lipinski definition) is 5. The van der Waals surface area contributed by atoms with Gasteiger partial charge in [-0.3, -0.25) is 19.9 Å². The molecule has 2 bridgehead atoms. The summed E-state index contributed by atoms with van der Waals surface area (Å²) in [5.74, 6) is -1.41. The van der Waals surface area contributed by atoms with Gasteiger partial charge in [0.05, 0.1) is 16.2 Å². The fourth-order valence-electron chi connectivity index (χ4n) is 4.12. The van der Waals surface area contributed by atoms with E-state index in [0.29, 0.717) is 5.02 Å². The molecule has 0 radical (unpaired) electrons. The van der Waals surface area contributed by atoms with E-state index in [0.717, 1.165) is 0 Å². The predicted molar refractivity (Wildman–Crippen MR) is 99.5 cm³/mol. The molecule has 1 aromatic carbocycles. The van der Waals surface area contributed by atoms with Crippen LogP contribution in [0.1, 0.15) is 34.0 Å². The van der Waals surface area contributed by atoms with Crippen molar-refractivity contribution in [1.29, 1.82) is 0 Å². The summed E-state index contributed by atoms with van der Waals surface area (Å²) in [5, 5.41) is 12.3. The topological polar surface area (TPSA) is 85.6 Å². The first-order valence-electron chi connectivity index (χ1n) is 8.64. The van der Waals surface area contributed by atoms with Gasteiger partial charge in [0.15, 0.2) is 0 Å². The Morgan fingerprint density at radius 3 is 2.79 bits per heavy atom. The summed E-state index contributed by atoms with van der Waals surface area (Å²) >= 11 is 6.06. The molecule has 2 unspecified atom stereocenters. The Hall–Kier alpha value is -3.07. The van der Waals surface area contributed by atoms with Crippen LogP contribution in [-0.4, -0.2) is 40.4 Å². The Balaban J connectivity index is 2.03. The van der Waals surface area contributed by atoms with Gasteiger partial charge >= 0.3 is 6.61 Å². The second-order valence-electron chi connectivity index (χ2n) is 6.73. The number of benzene rings is 1. The smallest absolute Gasteiger partial charge is 0.387 e. The minimum Gasteiger partial charge on any atom is -0.434 e. The number of hydrogen-bond donors (Lipinski definition) is 0. The fraction of sp³-hybridized carbons (Fsp3) is 0.263. The van der Waals surface area contributed by atoms with Crippen molar-refractivity contribution < 1.29 is 23.2 Å². The number of aromatic nitrogens is 1. The van der Waals surface area contributed by atoms with Crippen molar-refractivity contribution in [1.82, 2.24) is 9.88 Å². The van der Waals surface area contributed by atoms with Crippen LogP contribution in [0.4, 0.5) is 8.78 Å². The summed E-state index contributed by atoms with van der Waals surface area (Å²) < 4.78 is 30.7. The van der Waals surface area contributed by atoms with Crippen LogP contribution in [-0.2, 0) is 0 Å². The van der Waals surface area contributed by atoms with Gasteiger partial charge in [0.2, 0.25) is 0 Å². The van der Waals surface area contributed by atoms with Gasteiger partial charge in [0.25, 0.3) is 11.6 Å². The molecule has 0 spiro atoms. The number of allylic oxidation sites excluding steroid dienone is 1. The molecule has 0 saturated heterocycles. The molecular weight excluding hydrogens is 408 g/mol. The third kappa shape index (κ3) is 3.11. The van der Waals surface area contributed by atoms with Crippen LogP contribution in [0.25, 0.3) is 5.57 Å². The lowest BCUT2D eigenvalue weighted by Gasteiger charge is -2.24. The van der Waals surface area contributed by atoms with Crippen LogP contribution in [0.15, 0.2) is 42.2 Å². The average Bonchev–Trinajstić information content (AvgIpc) is 3.02. The van der Waals surface area contributed by atoms with Gasteiger partial charge in [-0.25, -0.2) is 0 Å². The van der Waals surface area contributed by atoms with E-state index in [1.807, 2.05) is 0 Å². The maximum atomic E-state index is 13.0. The summed E-state index contributed by atoms with van der Waals surface area (Å²) in [6.45, 7) is -3.11. The number of halogens is 3. The first-order chi connectivity index (χ1) is 13.8. The van der Waals surface area contributed by atoms with Crippen LogP contribution < -0.4 is 4.74 Å². The molecule has 4 rings (SSSR count). The lowest BCUT2D eigenvalue weighted by molar-refractivity contribution is -0.430. The van der Waals surface area contributed by atoms with E-state index in [-0.39, 0.29) is 40.3 Å². The number of pyridine rings is 1. The van der Waals surface area contributed by atoms with Crippen LogP contribution in [0.2, 0.25) is 5.02 Å². The van der Waals surface area contributed by atoms with Crippen molar-refractivity contribution in [2.24, 2.45) is 0 Å². The van der Waals surface area contributed by atoms with Crippen molar-refractivity contribution in [2.75, 3.05) is 7.05 Å². The van der Waals surface area contributed by atoms with E-state index in [1.165, 1.54) is 48.5 Å². The molecule has 7 nitrogen and oxygen atoms in total. The molecule has 1 aliphatic heterocycles. The molecule has 1 amide bonds. The lowest BCUT2D eigenvalue weighted by Crippen LogP contribution is -2.38. The molecule has 0 fully saturated rings. The van der Waals surface area contributed by atoms with Crippen LogP contribution in [0, 0.1) is 10.1 Å². The number of likely N-dealkylation sites (N-methyl/N-ethyl adjacent to an activating group) is 1. The molecule has 2 heterocycles. The van der Waals surface area contributed by atoms with Crippen LogP contribution in [0.5, 0.6) is 5.75 Å². The Morgan fingerprint density at radius 1 is 1.38 bits per heavy atom. The highest BCUT2D eigenvalue weighted by molar-refractivity contribution is 6.30. The second kappa shape index (κ2) is 7.07. The zero-order chi connectivity index (χ0) is 20.9. The minimum absolute atomic E-state index is 0.151. The third-order valence-corrected chi connectivity index (χ3v) is 5.48.